The minimum absolute atomic E-state index is 0.0814. The van der Waals surface area contributed by atoms with Crippen molar-refractivity contribution < 1.29 is 18.5 Å². The van der Waals surface area contributed by atoms with Crippen LogP contribution in [0.1, 0.15) is 18.4 Å². The molecule has 2 heterocycles. The van der Waals surface area contributed by atoms with Crippen molar-refractivity contribution in [3.05, 3.63) is 36.0 Å². The summed E-state index contributed by atoms with van der Waals surface area (Å²) < 4.78 is 10.0. The molecule has 0 aliphatic carbocycles. The van der Waals surface area contributed by atoms with Gasteiger partial charge >= 0.3 is 0 Å². The molecular weight excluding hydrogens is 262 g/mol. The fourth-order valence-corrected chi connectivity index (χ4v) is 1.65. The van der Waals surface area contributed by atoms with E-state index in [-0.39, 0.29) is 24.9 Å². The summed E-state index contributed by atoms with van der Waals surface area (Å²) in [6.45, 7) is 3.29. The zero-order valence-corrected chi connectivity index (χ0v) is 11.3. The molecule has 1 N–H and O–H groups in total. The van der Waals surface area contributed by atoms with Crippen LogP contribution in [0.15, 0.2) is 33.4 Å². The summed E-state index contributed by atoms with van der Waals surface area (Å²) in [5.41, 5.74) is 0. The normalized spacial score (nSPS) is 10.3. The first-order chi connectivity index (χ1) is 9.54. The van der Waals surface area contributed by atoms with E-state index in [1.807, 2.05) is 0 Å². The predicted molar refractivity (Wildman–Crippen MR) is 69.7 cm³/mol. The lowest BCUT2D eigenvalue weighted by atomic mass is 10.3. The van der Waals surface area contributed by atoms with Crippen molar-refractivity contribution in [2.45, 2.75) is 20.4 Å². The molecule has 0 saturated heterocycles. The highest BCUT2D eigenvalue weighted by atomic mass is 16.5. The van der Waals surface area contributed by atoms with Crippen LogP contribution in [0.3, 0.4) is 0 Å². The molecule has 0 atom stereocenters. The van der Waals surface area contributed by atoms with Gasteiger partial charge in [0.15, 0.2) is 5.82 Å². The van der Waals surface area contributed by atoms with Crippen LogP contribution in [0.5, 0.6) is 0 Å². The van der Waals surface area contributed by atoms with Crippen molar-refractivity contribution in [2.75, 3.05) is 11.9 Å². The van der Waals surface area contributed by atoms with Crippen LogP contribution in [0.4, 0.5) is 5.82 Å². The fourth-order valence-electron chi connectivity index (χ4n) is 1.65. The Morgan fingerprint density at radius 2 is 2.25 bits per heavy atom. The number of aromatic nitrogens is 1. The Morgan fingerprint density at radius 3 is 2.80 bits per heavy atom. The highest BCUT2D eigenvalue weighted by Gasteiger charge is 2.16. The van der Waals surface area contributed by atoms with Crippen molar-refractivity contribution in [1.82, 2.24) is 10.1 Å². The molecule has 0 unspecified atom stereocenters. The largest absolute Gasteiger partial charge is 0.467 e. The third-order valence-corrected chi connectivity index (χ3v) is 2.60. The number of nitrogens with one attached hydrogen (secondary N) is 1. The van der Waals surface area contributed by atoms with E-state index in [9.17, 15) is 9.59 Å². The van der Waals surface area contributed by atoms with Gasteiger partial charge in [0.05, 0.1) is 12.8 Å². The molecule has 0 radical (unpaired) electrons. The van der Waals surface area contributed by atoms with Gasteiger partial charge in [-0.25, -0.2) is 0 Å². The van der Waals surface area contributed by atoms with E-state index >= 15 is 0 Å². The summed E-state index contributed by atoms with van der Waals surface area (Å²) in [6.07, 6.45) is 1.52. The van der Waals surface area contributed by atoms with E-state index in [0.717, 1.165) is 0 Å². The number of carbonyl (C=O) groups excluding carboxylic acids is 2. The molecule has 0 spiro atoms. The number of hydrogen-bond donors (Lipinski definition) is 1. The van der Waals surface area contributed by atoms with Gasteiger partial charge in [-0.15, -0.1) is 0 Å². The maximum atomic E-state index is 11.8. The quantitative estimate of drug-likeness (QED) is 0.896. The Balaban J connectivity index is 1.94. The molecule has 0 aliphatic heterocycles. The van der Waals surface area contributed by atoms with Gasteiger partial charge in [0.1, 0.15) is 18.1 Å². The number of amides is 2. The second-order valence-electron chi connectivity index (χ2n) is 4.33. The Morgan fingerprint density at radius 1 is 1.45 bits per heavy atom. The highest BCUT2D eigenvalue weighted by molar-refractivity contribution is 5.93. The molecule has 0 saturated carbocycles. The predicted octanol–water partition coefficient (Wildman–Crippen LogP) is 1.56. The molecule has 0 aromatic carbocycles. The van der Waals surface area contributed by atoms with Gasteiger partial charge in [-0.05, 0) is 19.1 Å². The van der Waals surface area contributed by atoms with Crippen molar-refractivity contribution in [3.8, 4) is 0 Å². The van der Waals surface area contributed by atoms with Crippen molar-refractivity contribution in [2.24, 2.45) is 0 Å². The average molecular weight is 277 g/mol. The average Bonchev–Trinajstić information content (AvgIpc) is 3.00. The van der Waals surface area contributed by atoms with Crippen LogP contribution in [0, 0.1) is 6.92 Å². The summed E-state index contributed by atoms with van der Waals surface area (Å²) >= 11 is 0. The van der Waals surface area contributed by atoms with Gasteiger partial charge in [0, 0.05) is 13.0 Å². The van der Waals surface area contributed by atoms with E-state index in [4.69, 9.17) is 8.94 Å². The Labute approximate surface area is 115 Å². The maximum absolute atomic E-state index is 11.8. The molecule has 2 amide bonds. The third-order valence-electron chi connectivity index (χ3n) is 2.60. The molecule has 0 bridgehead atoms. The molecule has 0 aliphatic rings. The summed E-state index contributed by atoms with van der Waals surface area (Å²) in [7, 11) is 0. The lowest BCUT2D eigenvalue weighted by Gasteiger charge is -2.18. The fraction of sp³-hybridized carbons (Fsp3) is 0.308. The number of nitrogens with zero attached hydrogens (tertiary/aromatic N) is 2. The lowest BCUT2D eigenvalue weighted by molar-refractivity contribution is -0.133. The first-order valence-corrected chi connectivity index (χ1v) is 6.05. The van der Waals surface area contributed by atoms with Crippen LogP contribution in [0.25, 0.3) is 0 Å². The standard InChI is InChI=1S/C13H15N3O4/c1-9-6-12(15-20-9)14-13(18)8-16(10(2)17)7-11-4-3-5-19-11/h3-6H,7-8H2,1-2H3,(H,14,15,18). The van der Waals surface area contributed by atoms with E-state index in [1.54, 1.807) is 25.1 Å². The van der Waals surface area contributed by atoms with E-state index in [2.05, 4.69) is 10.5 Å². The van der Waals surface area contributed by atoms with Gasteiger partial charge in [-0.1, -0.05) is 5.16 Å². The molecule has 7 heteroatoms. The minimum atomic E-state index is -0.347. The summed E-state index contributed by atoms with van der Waals surface area (Å²) in [6, 6.07) is 5.07. The van der Waals surface area contributed by atoms with Gasteiger partial charge in [-0.3, -0.25) is 9.59 Å². The van der Waals surface area contributed by atoms with Gasteiger partial charge in [-0.2, -0.15) is 0 Å². The van der Waals surface area contributed by atoms with Gasteiger partial charge < -0.3 is 19.2 Å². The van der Waals surface area contributed by atoms with Gasteiger partial charge in [0.2, 0.25) is 11.8 Å². The van der Waals surface area contributed by atoms with E-state index in [0.29, 0.717) is 17.3 Å². The highest BCUT2D eigenvalue weighted by Crippen LogP contribution is 2.08. The number of rotatable bonds is 5. The monoisotopic (exact) mass is 277 g/mol. The van der Waals surface area contributed by atoms with Crippen molar-refractivity contribution in [3.63, 3.8) is 0 Å². The van der Waals surface area contributed by atoms with Crippen LogP contribution in [0.2, 0.25) is 0 Å². The number of furan rings is 1. The minimum Gasteiger partial charge on any atom is -0.467 e. The summed E-state index contributed by atoms with van der Waals surface area (Å²) in [4.78, 5) is 24.8. The molecule has 0 fully saturated rings. The topological polar surface area (TPSA) is 88.6 Å². The van der Waals surface area contributed by atoms with Crippen LogP contribution in [-0.2, 0) is 16.1 Å². The van der Waals surface area contributed by atoms with Crippen LogP contribution >= 0.6 is 0 Å². The molecule has 20 heavy (non-hydrogen) atoms. The Hall–Kier alpha value is -2.57. The molecule has 7 nitrogen and oxygen atoms in total. The third kappa shape index (κ3) is 3.71. The van der Waals surface area contributed by atoms with Crippen molar-refractivity contribution >= 4 is 17.6 Å². The number of carbonyl (C=O) groups is 2. The molecular formula is C13H15N3O4. The lowest BCUT2D eigenvalue weighted by Crippen LogP contribution is -2.36. The maximum Gasteiger partial charge on any atom is 0.245 e. The number of anilines is 1. The molecule has 2 aromatic heterocycles. The van der Waals surface area contributed by atoms with Crippen molar-refractivity contribution in [1.29, 1.82) is 0 Å². The smallest absolute Gasteiger partial charge is 0.245 e. The first kappa shape index (κ1) is 13.9. The number of hydrogen-bond acceptors (Lipinski definition) is 5. The van der Waals surface area contributed by atoms with Crippen LogP contribution in [-0.4, -0.2) is 28.4 Å². The SMILES string of the molecule is CC(=O)N(CC(=O)Nc1cc(C)on1)Cc1ccco1. The van der Waals surface area contributed by atoms with Crippen LogP contribution < -0.4 is 5.32 Å². The molecule has 2 aromatic rings. The second-order valence-corrected chi connectivity index (χ2v) is 4.33. The number of aryl methyl sites for hydroxylation is 1. The Bertz CT molecular complexity index is 589. The van der Waals surface area contributed by atoms with Gasteiger partial charge in [0.25, 0.3) is 0 Å². The summed E-state index contributed by atoms with van der Waals surface area (Å²) in [5, 5.41) is 6.21. The Kier molecular flexibility index (Phi) is 4.19. The van der Waals surface area contributed by atoms with E-state index in [1.165, 1.54) is 18.1 Å². The second kappa shape index (κ2) is 6.05. The zero-order valence-electron chi connectivity index (χ0n) is 11.3. The summed E-state index contributed by atoms with van der Waals surface area (Å²) in [5.74, 6) is 0.978. The van der Waals surface area contributed by atoms with E-state index < -0.39 is 0 Å². The first-order valence-electron chi connectivity index (χ1n) is 6.05. The zero-order chi connectivity index (χ0) is 14.5. The molecule has 106 valence electrons. The molecule has 2 rings (SSSR count).